The number of halogens is 1. The van der Waals surface area contributed by atoms with E-state index in [0.717, 1.165) is 10.4 Å². The third-order valence-corrected chi connectivity index (χ3v) is 5.11. The van der Waals surface area contributed by atoms with Crippen LogP contribution in [0.4, 0.5) is 10.1 Å². The van der Waals surface area contributed by atoms with Crippen LogP contribution in [0.15, 0.2) is 23.1 Å². The Hall–Kier alpha value is -2.07. The molecule has 1 fully saturated rings. The van der Waals surface area contributed by atoms with E-state index in [4.69, 9.17) is 5.11 Å². The lowest BCUT2D eigenvalue weighted by Gasteiger charge is -2.15. The standard InChI is InChI=1S/C11H11FN2O6S/c12-9-2-1-8(5-10(9)14(17)18)21(19,20)13-4-3-7(6-13)11(15)16/h1-2,5,7H,3-4,6H2,(H,15,16). The molecule has 114 valence electrons. The molecule has 1 aromatic rings. The molecule has 0 amide bonds. The van der Waals surface area contributed by atoms with E-state index < -0.39 is 43.2 Å². The first kappa shape index (κ1) is 15.3. The Morgan fingerprint density at radius 3 is 2.67 bits per heavy atom. The minimum Gasteiger partial charge on any atom is -0.481 e. The molecule has 21 heavy (non-hydrogen) atoms. The lowest BCUT2D eigenvalue weighted by Crippen LogP contribution is -2.30. The van der Waals surface area contributed by atoms with Crippen LogP contribution < -0.4 is 0 Å². The van der Waals surface area contributed by atoms with Crippen molar-refractivity contribution in [3.63, 3.8) is 0 Å². The molecule has 1 saturated heterocycles. The number of nitro groups is 1. The normalized spacial score (nSPS) is 19.6. The van der Waals surface area contributed by atoms with Gasteiger partial charge in [-0.15, -0.1) is 0 Å². The molecule has 0 saturated carbocycles. The largest absolute Gasteiger partial charge is 0.481 e. The third kappa shape index (κ3) is 2.85. The zero-order chi connectivity index (χ0) is 15.8. The Labute approximate surface area is 119 Å². The van der Waals surface area contributed by atoms with Gasteiger partial charge in [0.1, 0.15) is 0 Å². The molecule has 0 spiro atoms. The van der Waals surface area contributed by atoms with E-state index in [0.29, 0.717) is 12.1 Å². The number of hydrogen-bond acceptors (Lipinski definition) is 5. The molecule has 1 N–H and O–H groups in total. The van der Waals surface area contributed by atoms with Gasteiger partial charge in [-0.25, -0.2) is 8.42 Å². The Morgan fingerprint density at radius 2 is 2.14 bits per heavy atom. The van der Waals surface area contributed by atoms with Crippen molar-refractivity contribution in [1.82, 2.24) is 4.31 Å². The quantitative estimate of drug-likeness (QED) is 0.649. The van der Waals surface area contributed by atoms with Crippen LogP contribution in [-0.2, 0) is 14.8 Å². The van der Waals surface area contributed by atoms with Crippen LogP contribution in [0.2, 0.25) is 0 Å². The van der Waals surface area contributed by atoms with E-state index in [-0.39, 0.29) is 19.5 Å². The van der Waals surface area contributed by atoms with Crippen LogP contribution in [-0.4, -0.2) is 41.8 Å². The van der Waals surface area contributed by atoms with E-state index in [1.165, 1.54) is 0 Å². The number of carboxylic acid groups (broad SMARTS) is 1. The van der Waals surface area contributed by atoms with Crippen LogP contribution >= 0.6 is 0 Å². The molecule has 1 unspecified atom stereocenters. The summed E-state index contributed by atoms with van der Waals surface area (Å²) in [4.78, 5) is 20.0. The van der Waals surface area contributed by atoms with E-state index in [1.54, 1.807) is 0 Å². The highest BCUT2D eigenvalue weighted by Gasteiger charge is 2.36. The molecule has 0 aliphatic carbocycles. The van der Waals surface area contributed by atoms with Crippen LogP contribution in [0.3, 0.4) is 0 Å². The topological polar surface area (TPSA) is 118 Å². The summed E-state index contributed by atoms with van der Waals surface area (Å²) < 4.78 is 38.7. The van der Waals surface area contributed by atoms with E-state index in [1.807, 2.05) is 0 Å². The van der Waals surface area contributed by atoms with Crippen molar-refractivity contribution in [2.45, 2.75) is 11.3 Å². The Kier molecular flexibility index (Phi) is 3.92. The number of nitro benzene ring substituents is 1. The molecule has 1 atom stereocenters. The number of carboxylic acids is 1. The predicted octanol–water partition coefficient (Wildman–Crippen LogP) is 0.829. The molecule has 0 aromatic heterocycles. The molecule has 2 rings (SSSR count). The zero-order valence-electron chi connectivity index (χ0n) is 10.6. The second-order valence-electron chi connectivity index (χ2n) is 4.56. The van der Waals surface area contributed by atoms with Gasteiger partial charge in [0, 0.05) is 19.2 Å². The van der Waals surface area contributed by atoms with Crippen molar-refractivity contribution in [3.8, 4) is 0 Å². The van der Waals surface area contributed by atoms with Crippen LogP contribution in [0, 0.1) is 21.8 Å². The summed E-state index contributed by atoms with van der Waals surface area (Å²) in [6.45, 7) is -0.201. The summed E-state index contributed by atoms with van der Waals surface area (Å²) in [7, 11) is -4.08. The highest BCUT2D eigenvalue weighted by molar-refractivity contribution is 7.89. The van der Waals surface area contributed by atoms with Crippen LogP contribution in [0.25, 0.3) is 0 Å². The summed E-state index contributed by atoms with van der Waals surface area (Å²) in [5.74, 6) is -3.04. The first-order valence-electron chi connectivity index (χ1n) is 5.90. The van der Waals surface area contributed by atoms with E-state index >= 15 is 0 Å². The number of rotatable bonds is 4. The summed E-state index contributed by atoms with van der Waals surface area (Å²) in [6.07, 6.45) is 0.165. The number of aliphatic carboxylic acids is 1. The Bertz CT molecular complexity index is 705. The molecule has 1 aromatic carbocycles. The van der Waals surface area contributed by atoms with Crippen molar-refractivity contribution in [2.75, 3.05) is 13.1 Å². The van der Waals surface area contributed by atoms with Gasteiger partial charge in [-0.05, 0) is 18.6 Å². The van der Waals surface area contributed by atoms with Crippen molar-refractivity contribution >= 4 is 21.7 Å². The average molecular weight is 318 g/mol. The second-order valence-corrected chi connectivity index (χ2v) is 6.50. The first-order valence-corrected chi connectivity index (χ1v) is 7.34. The second kappa shape index (κ2) is 5.37. The number of benzene rings is 1. The SMILES string of the molecule is O=C(O)C1CCN(S(=O)(=O)c2ccc(F)c([N+](=O)[O-])c2)C1. The first-order chi connectivity index (χ1) is 9.73. The van der Waals surface area contributed by atoms with Gasteiger partial charge >= 0.3 is 11.7 Å². The fourth-order valence-electron chi connectivity index (χ4n) is 2.09. The summed E-state index contributed by atoms with van der Waals surface area (Å²) in [5, 5.41) is 19.5. The molecule has 1 aliphatic heterocycles. The number of carbonyl (C=O) groups is 1. The third-order valence-electron chi connectivity index (χ3n) is 3.25. The molecule has 10 heteroatoms. The minimum atomic E-state index is -4.08. The van der Waals surface area contributed by atoms with Gasteiger partial charge in [-0.1, -0.05) is 0 Å². The zero-order valence-corrected chi connectivity index (χ0v) is 11.4. The van der Waals surface area contributed by atoms with Crippen molar-refractivity contribution in [3.05, 3.63) is 34.1 Å². The fourth-order valence-corrected chi connectivity index (χ4v) is 3.61. The maximum absolute atomic E-state index is 13.2. The van der Waals surface area contributed by atoms with Crippen molar-refractivity contribution in [1.29, 1.82) is 0 Å². The lowest BCUT2D eigenvalue weighted by atomic mass is 10.1. The van der Waals surface area contributed by atoms with Gasteiger partial charge < -0.3 is 5.11 Å². The summed E-state index contributed by atoms with van der Waals surface area (Å²) in [6, 6.07) is 2.26. The van der Waals surface area contributed by atoms with Crippen molar-refractivity contribution in [2.24, 2.45) is 5.92 Å². The minimum absolute atomic E-state index is 0.00444. The molecule has 0 bridgehead atoms. The van der Waals surface area contributed by atoms with Crippen LogP contribution in [0.1, 0.15) is 6.42 Å². The van der Waals surface area contributed by atoms with E-state index in [9.17, 15) is 27.7 Å². The molecule has 0 radical (unpaired) electrons. The average Bonchev–Trinajstić information content (AvgIpc) is 2.89. The van der Waals surface area contributed by atoms with Gasteiger partial charge in [0.05, 0.1) is 15.7 Å². The smallest absolute Gasteiger partial charge is 0.307 e. The van der Waals surface area contributed by atoms with E-state index in [2.05, 4.69) is 0 Å². The van der Waals surface area contributed by atoms with Gasteiger partial charge in [-0.2, -0.15) is 8.70 Å². The highest BCUT2D eigenvalue weighted by Crippen LogP contribution is 2.27. The maximum atomic E-state index is 13.2. The summed E-state index contributed by atoms with van der Waals surface area (Å²) >= 11 is 0. The van der Waals surface area contributed by atoms with Gasteiger partial charge in [0.25, 0.3) is 0 Å². The molecule has 1 heterocycles. The molecule has 1 aliphatic rings. The van der Waals surface area contributed by atoms with Gasteiger partial charge in [0.2, 0.25) is 15.8 Å². The number of nitrogens with zero attached hydrogens (tertiary/aromatic N) is 2. The number of hydrogen-bond donors (Lipinski definition) is 1. The van der Waals surface area contributed by atoms with Gasteiger partial charge in [-0.3, -0.25) is 14.9 Å². The maximum Gasteiger partial charge on any atom is 0.307 e. The summed E-state index contributed by atoms with van der Waals surface area (Å²) in [5.41, 5.74) is -0.940. The highest BCUT2D eigenvalue weighted by atomic mass is 32.2. The lowest BCUT2D eigenvalue weighted by molar-refractivity contribution is -0.387. The Balaban J connectivity index is 2.35. The Morgan fingerprint density at radius 1 is 1.48 bits per heavy atom. The van der Waals surface area contributed by atoms with Gasteiger partial charge in [0.15, 0.2) is 0 Å². The van der Waals surface area contributed by atoms with Crippen molar-refractivity contribution < 1.29 is 27.6 Å². The fraction of sp³-hybridized carbons (Fsp3) is 0.364. The monoisotopic (exact) mass is 318 g/mol. The molecule has 8 nitrogen and oxygen atoms in total. The molecular formula is C11H11FN2O6S. The predicted molar refractivity (Wildman–Crippen MR) is 67.6 cm³/mol. The molecular weight excluding hydrogens is 307 g/mol. The van der Waals surface area contributed by atoms with Crippen LogP contribution in [0.5, 0.6) is 0 Å². The number of sulfonamides is 1.